The summed E-state index contributed by atoms with van der Waals surface area (Å²) in [6.07, 6.45) is 3.80. The van der Waals surface area contributed by atoms with Crippen molar-refractivity contribution in [2.45, 2.75) is 25.4 Å². The molecule has 0 saturated carbocycles. The maximum atomic E-state index is 5.88. The highest BCUT2D eigenvalue weighted by atomic mass is 16.6. The summed E-state index contributed by atoms with van der Waals surface area (Å²) in [5.74, 6) is 0. The van der Waals surface area contributed by atoms with Gasteiger partial charge in [-0.3, -0.25) is 0 Å². The lowest BCUT2D eigenvalue weighted by Crippen LogP contribution is -2.30. The molecule has 2 rings (SSSR count). The van der Waals surface area contributed by atoms with Crippen LogP contribution in [0.5, 0.6) is 0 Å². The molecule has 2 fully saturated rings. The van der Waals surface area contributed by atoms with Gasteiger partial charge in [-0.25, -0.2) is 0 Å². The van der Waals surface area contributed by atoms with E-state index in [2.05, 4.69) is 0 Å². The monoisotopic (exact) mass is 259 g/mol. The van der Waals surface area contributed by atoms with E-state index in [1.807, 2.05) is 0 Å². The molecule has 5 nitrogen and oxygen atoms in total. The van der Waals surface area contributed by atoms with Crippen molar-refractivity contribution >= 4 is 0 Å². The highest BCUT2D eigenvalue weighted by Gasteiger charge is 2.25. The third kappa shape index (κ3) is 5.20. The molecule has 0 aromatic carbocycles. The Balaban J connectivity index is 1.83. The number of hydrogen-bond acceptors (Lipinski definition) is 5. The van der Waals surface area contributed by atoms with E-state index in [4.69, 9.17) is 23.7 Å². The molecule has 2 saturated heterocycles. The molecule has 0 aromatic rings. The average Bonchev–Trinajstić information content (AvgIpc) is 2.61. The lowest BCUT2D eigenvalue weighted by atomic mass is 10.1. The van der Waals surface area contributed by atoms with Crippen LogP contribution < -0.4 is 0 Å². The first-order valence-electron chi connectivity index (χ1n) is 6.80. The number of rotatable bonds is 1. The molecule has 105 valence electrons. The van der Waals surface area contributed by atoms with Crippen molar-refractivity contribution in [3.63, 3.8) is 0 Å². The van der Waals surface area contributed by atoms with Gasteiger partial charge in [-0.15, -0.1) is 0 Å². The van der Waals surface area contributed by atoms with E-state index in [1.165, 1.54) is 0 Å². The zero-order valence-corrected chi connectivity index (χ0v) is 10.9. The van der Waals surface area contributed by atoms with Crippen LogP contribution in [0.1, 0.15) is 19.3 Å². The Labute approximate surface area is 109 Å². The standard InChI is InChI=1S/C13H23O5/c1-2-5-17-12(3-6-14-4-1)13-11-16-8-7-15-9-10-18-13/h12H,1-11H2. The lowest BCUT2D eigenvalue weighted by Gasteiger charge is -2.25. The first-order valence-corrected chi connectivity index (χ1v) is 6.80. The minimum Gasteiger partial charge on any atom is -0.381 e. The summed E-state index contributed by atoms with van der Waals surface area (Å²) in [5.41, 5.74) is 0. The Morgan fingerprint density at radius 1 is 0.722 bits per heavy atom. The Kier molecular flexibility index (Phi) is 6.97. The zero-order chi connectivity index (χ0) is 12.5. The summed E-state index contributed by atoms with van der Waals surface area (Å²) in [7, 11) is 0. The van der Waals surface area contributed by atoms with Gasteiger partial charge in [0.2, 0.25) is 0 Å². The Morgan fingerprint density at radius 2 is 1.50 bits per heavy atom. The van der Waals surface area contributed by atoms with Gasteiger partial charge in [0.05, 0.1) is 39.1 Å². The van der Waals surface area contributed by atoms with Crippen LogP contribution in [-0.4, -0.2) is 59.0 Å². The Hall–Kier alpha value is -0.200. The molecule has 0 spiro atoms. The lowest BCUT2D eigenvalue weighted by molar-refractivity contribution is -0.0454. The SMILES string of the molecule is C1CCOC([C]2COCCOCCO2)CCOC1. The molecule has 2 aliphatic rings. The van der Waals surface area contributed by atoms with Crippen LogP contribution in [0, 0.1) is 6.10 Å². The van der Waals surface area contributed by atoms with Crippen LogP contribution in [0.15, 0.2) is 0 Å². The number of hydrogen-bond donors (Lipinski definition) is 0. The number of ether oxygens (including phenoxy) is 5. The van der Waals surface area contributed by atoms with E-state index in [9.17, 15) is 0 Å². The fourth-order valence-corrected chi connectivity index (χ4v) is 2.01. The second-order valence-corrected chi connectivity index (χ2v) is 4.45. The van der Waals surface area contributed by atoms with Crippen LogP contribution in [0.2, 0.25) is 0 Å². The molecule has 0 bridgehead atoms. The molecule has 1 radical (unpaired) electrons. The van der Waals surface area contributed by atoms with Crippen LogP contribution in [0.25, 0.3) is 0 Å². The topological polar surface area (TPSA) is 46.2 Å². The quantitative estimate of drug-likeness (QED) is 0.707. The van der Waals surface area contributed by atoms with Crippen molar-refractivity contribution in [1.29, 1.82) is 0 Å². The summed E-state index contributed by atoms with van der Waals surface area (Å²) in [6, 6.07) is 0. The molecule has 5 heteroatoms. The van der Waals surface area contributed by atoms with Gasteiger partial charge in [0.1, 0.15) is 0 Å². The third-order valence-corrected chi connectivity index (χ3v) is 3.02. The van der Waals surface area contributed by atoms with Gasteiger partial charge in [0.25, 0.3) is 0 Å². The predicted molar refractivity (Wildman–Crippen MR) is 65.2 cm³/mol. The summed E-state index contributed by atoms with van der Waals surface area (Å²) in [4.78, 5) is 0. The molecule has 1 atom stereocenters. The highest BCUT2D eigenvalue weighted by molar-refractivity contribution is 4.89. The van der Waals surface area contributed by atoms with Crippen molar-refractivity contribution < 1.29 is 23.7 Å². The molecular formula is C13H23O5. The van der Waals surface area contributed by atoms with Gasteiger partial charge in [-0.1, -0.05) is 0 Å². The van der Waals surface area contributed by atoms with Crippen molar-refractivity contribution in [2.24, 2.45) is 0 Å². The Morgan fingerprint density at radius 3 is 2.50 bits per heavy atom. The smallest absolute Gasteiger partial charge is 0.151 e. The molecule has 18 heavy (non-hydrogen) atoms. The maximum absolute atomic E-state index is 5.88. The largest absolute Gasteiger partial charge is 0.381 e. The van der Waals surface area contributed by atoms with Crippen molar-refractivity contribution in [2.75, 3.05) is 52.9 Å². The van der Waals surface area contributed by atoms with E-state index >= 15 is 0 Å². The van der Waals surface area contributed by atoms with Crippen LogP contribution in [0.4, 0.5) is 0 Å². The first kappa shape index (κ1) is 14.2. The van der Waals surface area contributed by atoms with Crippen LogP contribution >= 0.6 is 0 Å². The molecule has 0 aliphatic carbocycles. The van der Waals surface area contributed by atoms with Crippen LogP contribution in [-0.2, 0) is 23.7 Å². The van der Waals surface area contributed by atoms with Gasteiger partial charge >= 0.3 is 0 Å². The van der Waals surface area contributed by atoms with Gasteiger partial charge < -0.3 is 23.7 Å². The Bertz CT molecular complexity index is 170. The van der Waals surface area contributed by atoms with Gasteiger partial charge in [0.15, 0.2) is 6.10 Å². The van der Waals surface area contributed by atoms with Crippen LogP contribution in [0.3, 0.4) is 0 Å². The minimum atomic E-state index is -0.0128. The molecule has 1 unspecified atom stereocenters. The van der Waals surface area contributed by atoms with E-state index in [1.54, 1.807) is 0 Å². The van der Waals surface area contributed by atoms with Crippen molar-refractivity contribution in [1.82, 2.24) is 0 Å². The molecule has 0 amide bonds. The fraction of sp³-hybridized carbons (Fsp3) is 0.923. The normalized spacial score (nSPS) is 30.3. The van der Waals surface area contributed by atoms with E-state index < -0.39 is 0 Å². The molecule has 2 heterocycles. The van der Waals surface area contributed by atoms with Gasteiger partial charge in [-0.05, 0) is 19.3 Å². The van der Waals surface area contributed by atoms with Gasteiger partial charge in [-0.2, -0.15) is 0 Å². The molecule has 2 aliphatic heterocycles. The van der Waals surface area contributed by atoms with E-state index in [0.29, 0.717) is 39.6 Å². The second kappa shape index (κ2) is 8.82. The minimum absolute atomic E-state index is 0.0128. The highest BCUT2D eigenvalue weighted by Crippen LogP contribution is 2.19. The molecule has 0 aromatic heterocycles. The summed E-state index contributed by atoms with van der Waals surface area (Å²) < 4.78 is 28.0. The fourth-order valence-electron chi connectivity index (χ4n) is 2.01. The average molecular weight is 259 g/mol. The van der Waals surface area contributed by atoms with E-state index in [0.717, 1.165) is 38.6 Å². The summed E-state index contributed by atoms with van der Waals surface area (Å²) in [6.45, 7) is 5.22. The van der Waals surface area contributed by atoms with Gasteiger partial charge in [0, 0.05) is 19.8 Å². The maximum Gasteiger partial charge on any atom is 0.151 e. The van der Waals surface area contributed by atoms with E-state index in [-0.39, 0.29) is 6.10 Å². The van der Waals surface area contributed by atoms with Crippen molar-refractivity contribution in [3.8, 4) is 0 Å². The second-order valence-electron chi connectivity index (χ2n) is 4.45. The predicted octanol–water partition coefficient (Wildman–Crippen LogP) is 1.17. The summed E-state index contributed by atoms with van der Waals surface area (Å²) in [5, 5.41) is 0. The zero-order valence-electron chi connectivity index (χ0n) is 10.9. The first-order chi connectivity index (χ1) is 8.97. The molecule has 0 N–H and O–H groups in total. The van der Waals surface area contributed by atoms with Crippen molar-refractivity contribution in [3.05, 3.63) is 6.10 Å². The third-order valence-electron chi connectivity index (χ3n) is 3.02. The molecular weight excluding hydrogens is 236 g/mol. The summed E-state index contributed by atoms with van der Waals surface area (Å²) >= 11 is 0.